The monoisotopic (exact) mass is 762 g/mol. The number of benzene rings is 2. The van der Waals surface area contributed by atoms with E-state index in [2.05, 4.69) is 42.4 Å². The predicted octanol–water partition coefficient (Wildman–Crippen LogP) is 6.24. The lowest BCUT2D eigenvalue weighted by molar-refractivity contribution is -0.137. The summed E-state index contributed by atoms with van der Waals surface area (Å²) in [5.74, 6) is 7.62. The highest BCUT2D eigenvalue weighted by atomic mass is 16.5. The maximum absolute atomic E-state index is 13.5. The highest BCUT2D eigenvalue weighted by molar-refractivity contribution is 5.87. The van der Waals surface area contributed by atoms with Crippen molar-refractivity contribution in [1.29, 1.82) is 0 Å². The SMILES string of the molecule is CC[C@H](NC(=O)OC)C(=O)N1[C@@H](c2ncc(-c3ccc(C#Cc4ccc(-c5cnc([C@@H]6CC[C@H](C)N6C(=O)[C@@H](CC)NC(=O)OC)[nH]5)cc4)cc3)[nH]2)CC[C@@H]1C. The van der Waals surface area contributed by atoms with Crippen LogP contribution < -0.4 is 10.6 Å². The minimum Gasteiger partial charge on any atom is -0.453 e. The molecule has 6 atom stereocenters. The number of aromatic nitrogens is 4. The van der Waals surface area contributed by atoms with Gasteiger partial charge < -0.3 is 39.9 Å². The van der Waals surface area contributed by atoms with E-state index in [-0.39, 0.29) is 36.0 Å². The molecule has 0 saturated carbocycles. The molecule has 0 unspecified atom stereocenters. The number of aromatic amines is 2. The van der Waals surface area contributed by atoms with Gasteiger partial charge in [-0.25, -0.2) is 19.6 Å². The molecule has 6 rings (SSSR count). The quantitative estimate of drug-likeness (QED) is 0.137. The maximum Gasteiger partial charge on any atom is 0.407 e. The first-order valence-corrected chi connectivity index (χ1v) is 19.2. The van der Waals surface area contributed by atoms with Crippen LogP contribution in [0.25, 0.3) is 22.5 Å². The van der Waals surface area contributed by atoms with Crippen molar-refractivity contribution in [1.82, 2.24) is 40.4 Å². The molecule has 294 valence electrons. The van der Waals surface area contributed by atoms with E-state index in [0.717, 1.165) is 59.3 Å². The van der Waals surface area contributed by atoms with E-state index in [1.165, 1.54) is 14.2 Å². The number of nitrogens with zero attached hydrogens (tertiary/aromatic N) is 4. The Morgan fingerprint density at radius 2 is 1.05 bits per heavy atom. The van der Waals surface area contributed by atoms with E-state index in [0.29, 0.717) is 24.5 Å². The van der Waals surface area contributed by atoms with Crippen LogP contribution in [-0.2, 0) is 19.1 Å². The Labute approximate surface area is 327 Å². The first kappa shape index (κ1) is 39.6. The highest BCUT2D eigenvalue weighted by Gasteiger charge is 2.41. The van der Waals surface area contributed by atoms with Gasteiger partial charge in [-0.2, -0.15) is 0 Å². The summed E-state index contributed by atoms with van der Waals surface area (Å²) in [4.78, 5) is 70.5. The number of rotatable bonds is 10. The van der Waals surface area contributed by atoms with Gasteiger partial charge in [0, 0.05) is 23.2 Å². The van der Waals surface area contributed by atoms with Crippen molar-refractivity contribution in [3.05, 3.63) is 83.7 Å². The van der Waals surface area contributed by atoms with Gasteiger partial charge in [-0.3, -0.25) is 9.59 Å². The normalized spacial score (nSPS) is 20.1. The predicted molar refractivity (Wildman–Crippen MR) is 210 cm³/mol. The van der Waals surface area contributed by atoms with Crippen molar-refractivity contribution in [2.24, 2.45) is 0 Å². The number of hydrogen-bond acceptors (Lipinski definition) is 8. The van der Waals surface area contributed by atoms with E-state index in [1.807, 2.05) is 86.0 Å². The van der Waals surface area contributed by atoms with Crippen LogP contribution in [0.15, 0.2) is 60.9 Å². The molecule has 14 nitrogen and oxygen atoms in total. The number of likely N-dealkylation sites (tertiary alicyclic amines) is 2. The lowest BCUT2D eigenvalue weighted by Crippen LogP contribution is -2.50. The Balaban J connectivity index is 1.09. The van der Waals surface area contributed by atoms with E-state index in [1.54, 1.807) is 12.4 Å². The number of ether oxygens (including phenoxy) is 2. The molecule has 4 aromatic rings. The van der Waals surface area contributed by atoms with E-state index in [9.17, 15) is 19.2 Å². The zero-order valence-corrected chi connectivity index (χ0v) is 32.7. The average molecular weight is 763 g/mol. The molecule has 4 amide bonds. The fourth-order valence-electron chi connectivity index (χ4n) is 7.60. The van der Waals surface area contributed by atoms with E-state index >= 15 is 0 Å². The molecule has 2 aliphatic heterocycles. The lowest BCUT2D eigenvalue weighted by Gasteiger charge is -2.31. The van der Waals surface area contributed by atoms with Gasteiger partial charge in [0.05, 0.1) is 50.1 Å². The summed E-state index contributed by atoms with van der Waals surface area (Å²) < 4.78 is 9.45. The topological polar surface area (TPSA) is 175 Å². The fraction of sp³-hybridized carbons (Fsp3) is 0.429. The van der Waals surface area contributed by atoms with Crippen molar-refractivity contribution >= 4 is 24.0 Å². The summed E-state index contributed by atoms with van der Waals surface area (Å²) in [5.41, 5.74) is 5.29. The molecule has 0 aliphatic carbocycles. The molecule has 0 radical (unpaired) electrons. The van der Waals surface area contributed by atoms with Crippen LogP contribution in [0.1, 0.15) is 101 Å². The minimum atomic E-state index is -0.674. The van der Waals surface area contributed by atoms with Crippen LogP contribution in [0.4, 0.5) is 9.59 Å². The Morgan fingerprint density at radius 1 is 0.679 bits per heavy atom. The second-order valence-electron chi connectivity index (χ2n) is 14.3. The largest absolute Gasteiger partial charge is 0.453 e. The Bertz CT molecular complexity index is 1940. The Kier molecular flexibility index (Phi) is 12.4. The second-order valence-corrected chi connectivity index (χ2v) is 14.3. The number of carbonyl (C=O) groups is 4. The van der Waals surface area contributed by atoms with Crippen LogP contribution >= 0.6 is 0 Å². The molecular formula is C42H50N8O6. The lowest BCUT2D eigenvalue weighted by atomic mass is 10.1. The van der Waals surface area contributed by atoms with E-state index < -0.39 is 24.3 Å². The van der Waals surface area contributed by atoms with Crippen LogP contribution in [0.3, 0.4) is 0 Å². The molecule has 2 aromatic heterocycles. The number of alkyl carbamates (subject to hydrolysis) is 2. The van der Waals surface area contributed by atoms with Gasteiger partial charge in [0.2, 0.25) is 11.8 Å². The summed E-state index contributed by atoms with van der Waals surface area (Å²) in [7, 11) is 2.57. The zero-order chi connectivity index (χ0) is 39.9. The molecule has 2 aromatic carbocycles. The number of carbonyl (C=O) groups excluding carboxylic acids is 4. The molecule has 14 heteroatoms. The van der Waals surface area contributed by atoms with E-state index in [4.69, 9.17) is 9.47 Å². The number of hydrogen-bond donors (Lipinski definition) is 4. The molecular weight excluding hydrogens is 713 g/mol. The highest BCUT2D eigenvalue weighted by Crippen LogP contribution is 2.37. The number of nitrogens with one attached hydrogen (secondary N) is 4. The average Bonchev–Trinajstić information content (AvgIpc) is 4.05. The Hall–Kier alpha value is -6.10. The molecule has 2 fully saturated rings. The molecule has 4 N–H and O–H groups in total. The fourth-order valence-corrected chi connectivity index (χ4v) is 7.60. The van der Waals surface area contributed by atoms with Crippen molar-refractivity contribution < 1.29 is 28.7 Å². The van der Waals surface area contributed by atoms with Crippen LogP contribution in [0.2, 0.25) is 0 Å². The number of amides is 4. The van der Waals surface area contributed by atoms with Crippen molar-refractivity contribution in [2.75, 3.05) is 14.2 Å². The first-order valence-electron chi connectivity index (χ1n) is 19.2. The molecule has 0 bridgehead atoms. The summed E-state index contributed by atoms with van der Waals surface area (Å²) in [6.45, 7) is 7.75. The van der Waals surface area contributed by atoms with Crippen molar-refractivity contribution in [3.63, 3.8) is 0 Å². The van der Waals surface area contributed by atoms with Gasteiger partial charge in [-0.15, -0.1) is 0 Å². The van der Waals surface area contributed by atoms with Gasteiger partial charge in [0.25, 0.3) is 0 Å². The third-order valence-electron chi connectivity index (χ3n) is 10.8. The summed E-state index contributed by atoms with van der Waals surface area (Å²) in [6, 6.07) is 14.1. The first-order chi connectivity index (χ1) is 27.0. The van der Waals surface area contributed by atoms with Gasteiger partial charge in [0.15, 0.2) is 0 Å². The number of H-pyrrole nitrogens is 2. The zero-order valence-electron chi connectivity index (χ0n) is 32.7. The van der Waals surface area contributed by atoms with Gasteiger partial charge in [0.1, 0.15) is 23.7 Å². The number of imidazole rings is 2. The van der Waals surface area contributed by atoms with Crippen molar-refractivity contribution in [2.45, 2.75) is 102 Å². The molecule has 2 saturated heterocycles. The summed E-state index contributed by atoms with van der Waals surface area (Å²) in [6.07, 6.45) is 6.43. The van der Waals surface area contributed by atoms with Gasteiger partial charge >= 0.3 is 12.2 Å². The molecule has 2 aliphatic rings. The van der Waals surface area contributed by atoms with Crippen LogP contribution in [-0.4, -0.2) is 92.1 Å². The summed E-state index contributed by atoms with van der Waals surface area (Å²) in [5, 5.41) is 5.31. The van der Waals surface area contributed by atoms with Crippen molar-refractivity contribution in [3.8, 4) is 34.4 Å². The van der Waals surface area contributed by atoms with Gasteiger partial charge in [-0.05, 0) is 87.8 Å². The third kappa shape index (κ3) is 8.57. The molecule has 0 spiro atoms. The standard InChI is InChI=1S/C42H50N8O6/c1-7-31(47-41(53)55-5)39(51)49-25(3)9-21-35(49)37-43-23-33(45-37)29-17-13-27(14-18-29)11-12-28-15-19-30(20-16-28)34-24-44-38(46-34)36-22-10-26(4)50(36)40(52)32(8-2)48-42(54)56-6/h13-20,23-26,31-32,35-36H,7-10,21-22H2,1-6H3,(H,43,45)(H,44,46)(H,47,53)(H,48,54)/t25-,26-,31-,32+,35+,36-/m0/s1. The summed E-state index contributed by atoms with van der Waals surface area (Å²) >= 11 is 0. The minimum absolute atomic E-state index is 0.0104. The third-order valence-corrected chi connectivity index (χ3v) is 10.8. The Morgan fingerprint density at radius 3 is 1.39 bits per heavy atom. The molecule has 4 heterocycles. The van der Waals surface area contributed by atoms with Gasteiger partial charge in [-0.1, -0.05) is 50.0 Å². The van der Waals surface area contributed by atoms with Crippen LogP contribution in [0.5, 0.6) is 0 Å². The molecule has 56 heavy (non-hydrogen) atoms. The smallest absolute Gasteiger partial charge is 0.407 e. The maximum atomic E-state index is 13.5. The number of methoxy groups -OCH3 is 2. The second kappa shape index (κ2) is 17.6. The van der Waals surface area contributed by atoms with Crippen LogP contribution in [0, 0.1) is 11.8 Å².